The molecular weight excluding hydrogens is 260 g/mol. The number of hydrogen-bond acceptors (Lipinski definition) is 5. The number of rotatable bonds is 4. The Labute approximate surface area is 114 Å². The van der Waals surface area contributed by atoms with E-state index in [9.17, 15) is 14.9 Å². The van der Waals surface area contributed by atoms with Gasteiger partial charge < -0.3 is 10.6 Å². The van der Waals surface area contributed by atoms with E-state index in [0.29, 0.717) is 17.1 Å². The van der Waals surface area contributed by atoms with Crippen LogP contribution in [0.3, 0.4) is 0 Å². The summed E-state index contributed by atoms with van der Waals surface area (Å²) < 4.78 is 0. The van der Waals surface area contributed by atoms with Crippen LogP contribution < -0.4 is 10.6 Å². The number of carbonyl (C=O) groups is 1. The molecule has 0 aliphatic carbocycles. The van der Waals surface area contributed by atoms with Gasteiger partial charge in [-0.25, -0.2) is 4.98 Å². The fourth-order valence-corrected chi connectivity index (χ4v) is 1.55. The molecule has 2 aromatic rings. The molecule has 0 spiro atoms. The zero-order valence-corrected chi connectivity index (χ0v) is 10.7. The van der Waals surface area contributed by atoms with Crippen LogP contribution in [0.1, 0.15) is 10.4 Å². The average Bonchev–Trinajstić information content (AvgIpc) is 2.48. The standard InChI is InChI=1S/C13H12N4O3/c1-14-12-7-2-9(8-15-12)13(18)16-10-3-5-11(6-4-10)17(19)20/h2-8H,1H3,(H,14,15)(H,16,18). The first-order valence-electron chi connectivity index (χ1n) is 5.80. The van der Waals surface area contributed by atoms with Crippen molar-refractivity contribution in [3.63, 3.8) is 0 Å². The zero-order chi connectivity index (χ0) is 14.5. The maximum absolute atomic E-state index is 11.9. The van der Waals surface area contributed by atoms with Gasteiger partial charge in [0, 0.05) is 31.1 Å². The Morgan fingerprint density at radius 1 is 1.20 bits per heavy atom. The number of nitrogens with zero attached hydrogens (tertiary/aromatic N) is 2. The molecule has 0 atom stereocenters. The van der Waals surface area contributed by atoms with Crippen LogP contribution >= 0.6 is 0 Å². The van der Waals surface area contributed by atoms with Crippen LogP contribution in [0.2, 0.25) is 0 Å². The lowest BCUT2D eigenvalue weighted by Gasteiger charge is -2.05. The van der Waals surface area contributed by atoms with Crippen molar-refractivity contribution >= 4 is 23.1 Å². The highest BCUT2D eigenvalue weighted by atomic mass is 16.6. The largest absolute Gasteiger partial charge is 0.373 e. The molecule has 0 bridgehead atoms. The molecule has 7 heteroatoms. The number of aromatic nitrogens is 1. The smallest absolute Gasteiger partial charge is 0.269 e. The monoisotopic (exact) mass is 272 g/mol. The molecule has 1 aromatic carbocycles. The van der Waals surface area contributed by atoms with E-state index in [-0.39, 0.29) is 11.6 Å². The van der Waals surface area contributed by atoms with Crippen LogP contribution in [0.4, 0.5) is 17.2 Å². The van der Waals surface area contributed by atoms with E-state index in [1.807, 2.05) is 0 Å². The van der Waals surface area contributed by atoms with Crippen molar-refractivity contribution in [1.82, 2.24) is 4.98 Å². The molecule has 0 radical (unpaired) electrons. The van der Waals surface area contributed by atoms with Crippen LogP contribution in [-0.4, -0.2) is 22.9 Å². The molecule has 20 heavy (non-hydrogen) atoms. The van der Waals surface area contributed by atoms with Crippen LogP contribution in [0, 0.1) is 10.1 Å². The number of nitrogens with one attached hydrogen (secondary N) is 2. The van der Waals surface area contributed by atoms with Gasteiger partial charge in [-0.2, -0.15) is 0 Å². The summed E-state index contributed by atoms with van der Waals surface area (Å²) in [6.07, 6.45) is 1.45. The fraction of sp³-hybridized carbons (Fsp3) is 0.0769. The molecule has 0 saturated heterocycles. The van der Waals surface area contributed by atoms with Crippen molar-refractivity contribution in [3.8, 4) is 0 Å². The van der Waals surface area contributed by atoms with Crippen molar-refractivity contribution in [1.29, 1.82) is 0 Å². The Kier molecular flexibility index (Phi) is 3.90. The van der Waals surface area contributed by atoms with Crippen LogP contribution in [0.25, 0.3) is 0 Å². The number of non-ortho nitro benzene ring substituents is 1. The average molecular weight is 272 g/mol. The Bertz CT molecular complexity index is 623. The lowest BCUT2D eigenvalue weighted by molar-refractivity contribution is -0.384. The van der Waals surface area contributed by atoms with E-state index in [2.05, 4.69) is 15.6 Å². The second-order valence-corrected chi connectivity index (χ2v) is 3.94. The van der Waals surface area contributed by atoms with E-state index in [1.165, 1.54) is 30.5 Å². The molecule has 0 aliphatic rings. The van der Waals surface area contributed by atoms with Crippen molar-refractivity contribution in [3.05, 3.63) is 58.3 Å². The minimum atomic E-state index is -0.494. The summed E-state index contributed by atoms with van der Waals surface area (Å²) >= 11 is 0. The van der Waals surface area contributed by atoms with Gasteiger partial charge in [0.05, 0.1) is 10.5 Å². The highest BCUT2D eigenvalue weighted by Gasteiger charge is 2.08. The predicted molar refractivity (Wildman–Crippen MR) is 74.8 cm³/mol. The first kappa shape index (κ1) is 13.5. The Morgan fingerprint density at radius 2 is 1.90 bits per heavy atom. The van der Waals surface area contributed by atoms with Gasteiger partial charge in [0.2, 0.25) is 0 Å². The van der Waals surface area contributed by atoms with E-state index in [0.717, 1.165) is 0 Å². The molecular formula is C13H12N4O3. The summed E-state index contributed by atoms with van der Waals surface area (Å²) in [4.78, 5) is 26.0. The molecule has 2 N–H and O–H groups in total. The van der Waals surface area contributed by atoms with E-state index in [4.69, 9.17) is 0 Å². The van der Waals surface area contributed by atoms with Crippen molar-refractivity contribution < 1.29 is 9.72 Å². The summed E-state index contributed by atoms with van der Waals surface area (Å²) in [6.45, 7) is 0. The molecule has 1 aromatic heterocycles. The zero-order valence-electron chi connectivity index (χ0n) is 10.7. The highest BCUT2D eigenvalue weighted by molar-refractivity contribution is 6.04. The van der Waals surface area contributed by atoms with Crippen LogP contribution in [-0.2, 0) is 0 Å². The second-order valence-electron chi connectivity index (χ2n) is 3.94. The maximum atomic E-state index is 11.9. The summed E-state index contributed by atoms with van der Waals surface area (Å²) in [5, 5.41) is 16.0. The summed E-state index contributed by atoms with van der Waals surface area (Å²) in [5.74, 6) is 0.339. The maximum Gasteiger partial charge on any atom is 0.269 e. The van der Waals surface area contributed by atoms with Gasteiger partial charge in [-0.05, 0) is 24.3 Å². The topological polar surface area (TPSA) is 97.2 Å². The molecule has 0 fully saturated rings. The number of nitro groups is 1. The third-order valence-electron chi connectivity index (χ3n) is 2.62. The molecule has 7 nitrogen and oxygen atoms in total. The number of benzene rings is 1. The minimum Gasteiger partial charge on any atom is -0.373 e. The summed E-state index contributed by atoms with van der Waals surface area (Å²) in [6, 6.07) is 8.94. The SMILES string of the molecule is CNc1ccc(C(=O)Nc2ccc([N+](=O)[O-])cc2)cn1. The number of nitro benzene ring substituents is 1. The molecule has 1 amide bonds. The van der Waals surface area contributed by atoms with Gasteiger partial charge in [0.15, 0.2) is 0 Å². The first-order chi connectivity index (χ1) is 9.60. The van der Waals surface area contributed by atoms with Gasteiger partial charge in [0.1, 0.15) is 5.82 Å². The molecule has 0 aliphatic heterocycles. The Balaban J connectivity index is 2.08. The molecule has 2 rings (SSSR count). The third-order valence-corrected chi connectivity index (χ3v) is 2.62. The third kappa shape index (κ3) is 3.08. The molecule has 0 saturated carbocycles. The van der Waals surface area contributed by atoms with Gasteiger partial charge in [0.25, 0.3) is 11.6 Å². The van der Waals surface area contributed by atoms with Crippen LogP contribution in [0.15, 0.2) is 42.6 Å². The lowest BCUT2D eigenvalue weighted by atomic mass is 10.2. The van der Waals surface area contributed by atoms with Gasteiger partial charge in [-0.15, -0.1) is 0 Å². The number of amides is 1. The van der Waals surface area contributed by atoms with Crippen molar-refractivity contribution in [2.75, 3.05) is 17.7 Å². The summed E-state index contributed by atoms with van der Waals surface area (Å²) in [7, 11) is 1.74. The molecule has 1 heterocycles. The van der Waals surface area contributed by atoms with Crippen molar-refractivity contribution in [2.45, 2.75) is 0 Å². The molecule has 0 unspecified atom stereocenters. The van der Waals surface area contributed by atoms with E-state index < -0.39 is 4.92 Å². The minimum absolute atomic E-state index is 0.0250. The predicted octanol–water partition coefficient (Wildman–Crippen LogP) is 2.28. The van der Waals surface area contributed by atoms with Gasteiger partial charge in [-0.1, -0.05) is 0 Å². The number of hydrogen-bond donors (Lipinski definition) is 2. The Morgan fingerprint density at radius 3 is 2.40 bits per heavy atom. The molecule has 102 valence electrons. The second kappa shape index (κ2) is 5.79. The van der Waals surface area contributed by atoms with E-state index >= 15 is 0 Å². The number of pyridine rings is 1. The summed E-state index contributed by atoms with van der Waals surface area (Å²) in [5.41, 5.74) is 0.865. The quantitative estimate of drug-likeness (QED) is 0.657. The van der Waals surface area contributed by atoms with Crippen LogP contribution in [0.5, 0.6) is 0 Å². The number of anilines is 2. The van der Waals surface area contributed by atoms with Gasteiger partial charge >= 0.3 is 0 Å². The highest BCUT2D eigenvalue weighted by Crippen LogP contribution is 2.16. The lowest BCUT2D eigenvalue weighted by Crippen LogP contribution is -2.12. The normalized spacial score (nSPS) is 9.85. The fourth-order valence-electron chi connectivity index (χ4n) is 1.55. The first-order valence-corrected chi connectivity index (χ1v) is 5.80. The van der Waals surface area contributed by atoms with Crippen molar-refractivity contribution in [2.24, 2.45) is 0 Å². The Hall–Kier alpha value is -2.96. The van der Waals surface area contributed by atoms with Gasteiger partial charge in [-0.3, -0.25) is 14.9 Å². The number of carbonyl (C=O) groups excluding carboxylic acids is 1. The van der Waals surface area contributed by atoms with E-state index in [1.54, 1.807) is 19.2 Å².